The Bertz CT molecular complexity index is 678. The van der Waals surface area contributed by atoms with Crippen LogP contribution in [0.15, 0.2) is 36.4 Å². The highest BCUT2D eigenvalue weighted by atomic mass is 19.1. The fraction of sp³-hybridized carbons (Fsp3) is 0.133. The summed E-state index contributed by atoms with van der Waals surface area (Å²) >= 11 is 0. The van der Waals surface area contributed by atoms with Crippen molar-refractivity contribution in [2.45, 2.75) is 13.0 Å². The van der Waals surface area contributed by atoms with Gasteiger partial charge in [0.05, 0.1) is 17.7 Å². The molecule has 0 aliphatic carbocycles. The summed E-state index contributed by atoms with van der Waals surface area (Å²) in [5.74, 6) is -1.17. The normalized spacial score (nSPS) is 11.8. The molecule has 0 aliphatic heterocycles. The molecule has 0 amide bonds. The summed E-state index contributed by atoms with van der Waals surface area (Å²) in [5.41, 5.74) is 0.387. The first-order valence-corrected chi connectivity index (χ1v) is 5.86. The lowest BCUT2D eigenvalue weighted by Crippen LogP contribution is -1.98. The Labute approximate surface area is 114 Å². The van der Waals surface area contributed by atoms with Gasteiger partial charge in [-0.25, -0.2) is 8.78 Å². The molecule has 1 N–H and O–H groups in total. The smallest absolute Gasteiger partial charge is 0.167 e. The summed E-state index contributed by atoms with van der Waals surface area (Å²) in [4.78, 5) is 0. The standard InChI is InChI=1S/C15H11F2NO2/c1-9(19)12-7-11(16)3-5-14(12)20-15-4-2-10(8-18)6-13(15)17/h2-7,9,19H,1H3. The van der Waals surface area contributed by atoms with Gasteiger partial charge in [-0.05, 0) is 43.3 Å². The largest absolute Gasteiger partial charge is 0.454 e. The van der Waals surface area contributed by atoms with Crippen LogP contribution in [0, 0.1) is 23.0 Å². The lowest BCUT2D eigenvalue weighted by atomic mass is 10.1. The van der Waals surface area contributed by atoms with E-state index in [1.165, 1.54) is 25.1 Å². The van der Waals surface area contributed by atoms with Gasteiger partial charge in [0.2, 0.25) is 0 Å². The minimum Gasteiger partial charge on any atom is -0.454 e. The molecule has 0 radical (unpaired) electrons. The van der Waals surface area contributed by atoms with Crippen molar-refractivity contribution in [3.63, 3.8) is 0 Å². The van der Waals surface area contributed by atoms with Crippen molar-refractivity contribution in [3.05, 3.63) is 59.2 Å². The maximum atomic E-state index is 13.7. The van der Waals surface area contributed by atoms with Crippen molar-refractivity contribution in [1.82, 2.24) is 0 Å². The number of aliphatic hydroxyl groups is 1. The maximum Gasteiger partial charge on any atom is 0.167 e. The molecule has 0 aliphatic rings. The predicted molar refractivity (Wildman–Crippen MR) is 68.2 cm³/mol. The molecule has 1 unspecified atom stereocenters. The maximum absolute atomic E-state index is 13.7. The van der Waals surface area contributed by atoms with Crippen LogP contribution in [0.3, 0.4) is 0 Å². The van der Waals surface area contributed by atoms with Crippen molar-refractivity contribution in [2.24, 2.45) is 0 Å². The number of nitriles is 1. The quantitative estimate of drug-likeness (QED) is 0.929. The van der Waals surface area contributed by atoms with E-state index < -0.39 is 17.7 Å². The molecule has 2 aromatic rings. The summed E-state index contributed by atoms with van der Waals surface area (Å²) in [5, 5.41) is 18.2. The Morgan fingerprint density at radius 1 is 1.15 bits per heavy atom. The second-order valence-corrected chi connectivity index (χ2v) is 4.22. The van der Waals surface area contributed by atoms with E-state index in [-0.39, 0.29) is 22.6 Å². The summed E-state index contributed by atoms with van der Waals surface area (Å²) < 4.78 is 32.2. The Balaban J connectivity index is 2.38. The second-order valence-electron chi connectivity index (χ2n) is 4.22. The fourth-order valence-corrected chi connectivity index (χ4v) is 1.71. The van der Waals surface area contributed by atoms with Crippen LogP contribution in [0.4, 0.5) is 8.78 Å². The average molecular weight is 275 g/mol. The van der Waals surface area contributed by atoms with Crippen LogP contribution in [0.25, 0.3) is 0 Å². The highest BCUT2D eigenvalue weighted by Crippen LogP contribution is 2.31. The van der Waals surface area contributed by atoms with Crippen LogP contribution in [0.1, 0.15) is 24.2 Å². The first-order chi connectivity index (χ1) is 9.51. The van der Waals surface area contributed by atoms with Crippen molar-refractivity contribution in [3.8, 4) is 17.6 Å². The molecule has 0 spiro atoms. The number of ether oxygens (including phenoxy) is 1. The third-order valence-electron chi connectivity index (χ3n) is 2.70. The molecule has 2 aromatic carbocycles. The summed E-state index contributed by atoms with van der Waals surface area (Å²) in [6, 6.07) is 9.17. The van der Waals surface area contributed by atoms with Gasteiger partial charge in [0.25, 0.3) is 0 Å². The van der Waals surface area contributed by atoms with Gasteiger partial charge in [-0.15, -0.1) is 0 Å². The molecular formula is C15H11F2NO2. The summed E-state index contributed by atoms with van der Waals surface area (Å²) in [7, 11) is 0. The van der Waals surface area contributed by atoms with E-state index in [1.807, 2.05) is 6.07 Å². The number of halogens is 2. The van der Waals surface area contributed by atoms with Gasteiger partial charge >= 0.3 is 0 Å². The third-order valence-corrected chi connectivity index (χ3v) is 2.70. The van der Waals surface area contributed by atoms with Crippen LogP contribution in [0.2, 0.25) is 0 Å². The topological polar surface area (TPSA) is 53.2 Å². The number of aliphatic hydroxyl groups excluding tert-OH is 1. The molecule has 0 bridgehead atoms. The van der Waals surface area contributed by atoms with Crippen LogP contribution in [-0.4, -0.2) is 5.11 Å². The van der Waals surface area contributed by atoms with E-state index in [1.54, 1.807) is 0 Å². The first kappa shape index (κ1) is 14.0. The van der Waals surface area contributed by atoms with Gasteiger partial charge in [0, 0.05) is 5.56 Å². The second kappa shape index (κ2) is 5.68. The van der Waals surface area contributed by atoms with Crippen LogP contribution in [-0.2, 0) is 0 Å². The van der Waals surface area contributed by atoms with Gasteiger partial charge in [0.1, 0.15) is 11.6 Å². The van der Waals surface area contributed by atoms with E-state index in [0.717, 1.165) is 18.2 Å². The zero-order valence-corrected chi connectivity index (χ0v) is 10.6. The molecule has 0 saturated carbocycles. The number of hydrogen-bond acceptors (Lipinski definition) is 3. The highest BCUT2D eigenvalue weighted by Gasteiger charge is 2.13. The lowest BCUT2D eigenvalue weighted by Gasteiger charge is -2.13. The fourth-order valence-electron chi connectivity index (χ4n) is 1.71. The zero-order valence-electron chi connectivity index (χ0n) is 10.6. The molecule has 0 aromatic heterocycles. The van der Waals surface area contributed by atoms with Crippen molar-refractivity contribution in [1.29, 1.82) is 5.26 Å². The van der Waals surface area contributed by atoms with E-state index in [4.69, 9.17) is 10.00 Å². The van der Waals surface area contributed by atoms with Crippen molar-refractivity contribution < 1.29 is 18.6 Å². The highest BCUT2D eigenvalue weighted by molar-refractivity contribution is 5.42. The molecule has 0 fully saturated rings. The average Bonchev–Trinajstić information content (AvgIpc) is 2.42. The molecule has 0 saturated heterocycles. The molecule has 2 rings (SSSR count). The third kappa shape index (κ3) is 2.92. The zero-order chi connectivity index (χ0) is 14.7. The van der Waals surface area contributed by atoms with Gasteiger partial charge in [-0.3, -0.25) is 0 Å². The number of hydrogen-bond donors (Lipinski definition) is 1. The van der Waals surface area contributed by atoms with E-state index in [9.17, 15) is 13.9 Å². The molecule has 1 atom stereocenters. The minimum atomic E-state index is -0.956. The number of nitrogens with zero attached hydrogens (tertiary/aromatic N) is 1. The summed E-state index contributed by atoms with van der Waals surface area (Å²) in [6.07, 6.45) is -0.956. The monoisotopic (exact) mass is 275 g/mol. The molecule has 20 heavy (non-hydrogen) atoms. The van der Waals surface area contributed by atoms with E-state index in [0.29, 0.717) is 0 Å². The Hall–Kier alpha value is -2.45. The van der Waals surface area contributed by atoms with Gasteiger partial charge in [-0.2, -0.15) is 5.26 Å². The first-order valence-electron chi connectivity index (χ1n) is 5.86. The van der Waals surface area contributed by atoms with Gasteiger partial charge in [-0.1, -0.05) is 0 Å². The SMILES string of the molecule is CC(O)c1cc(F)ccc1Oc1ccc(C#N)cc1F. The Morgan fingerprint density at radius 3 is 2.45 bits per heavy atom. The lowest BCUT2D eigenvalue weighted by molar-refractivity contribution is 0.195. The van der Waals surface area contributed by atoms with Gasteiger partial charge < -0.3 is 9.84 Å². The molecule has 5 heteroatoms. The van der Waals surface area contributed by atoms with Crippen molar-refractivity contribution >= 4 is 0 Å². The number of rotatable bonds is 3. The molecule has 102 valence electrons. The summed E-state index contributed by atoms with van der Waals surface area (Å²) in [6.45, 7) is 1.46. The Kier molecular flexibility index (Phi) is 3.97. The van der Waals surface area contributed by atoms with E-state index in [2.05, 4.69) is 0 Å². The predicted octanol–water partition coefficient (Wildman–Crippen LogP) is 3.68. The van der Waals surface area contributed by atoms with Crippen molar-refractivity contribution in [2.75, 3.05) is 0 Å². The molecular weight excluding hydrogens is 264 g/mol. The molecule has 0 heterocycles. The van der Waals surface area contributed by atoms with Gasteiger partial charge in [0.15, 0.2) is 11.6 Å². The van der Waals surface area contributed by atoms with Crippen LogP contribution < -0.4 is 4.74 Å². The molecule has 3 nitrogen and oxygen atoms in total. The van der Waals surface area contributed by atoms with E-state index >= 15 is 0 Å². The minimum absolute atomic E-state index is 0.0995. The van der Waals surface area contributed by atoms with Crippen LogP contribution in [0.5, 0.6) is 11.5 Å². The van der Waals surface area contributed by atoms with Crippen LogP contribution >= 0.6 is 0 Å². The number of benzene rings is 2. The Morgan fingerprint density at radius 2 is 1.85 bits per heavy atom.